The predicted octanol–water partition coefficient (Wildman–Crippen LogP) is 0.748. The van der Waals surface area contributed by atoms with Crippen LogP contribution in [-0.4, -0.2) is 48.8 Å². The molecule has 2 rings (SSSR count). The summed E-state index contributed by atoms with van der Waals surface area (Å²) in [7, 11) is 0. The van der Waals surface area contributed by atoms with Crippen molar-refractivity contribution in [2.45, 2.75) is 19.3 Å². The van der Waals surface area contributed by atoms with Crippen LogP contribution in [0.15, 0.2) is 24.3 Å². The van der Waals surface area contributed by atoms with Crippen LogP contribution in [0.1, 0.15) is 29.6 Å². The van der Waals surface area contributed by atoms with Crippen molar-refractivity contribution in [1.82, 2.24) is 10.2 Å². The van der Waals surface area contributed by atoms with Crippen LogP contribution < -0.4 is 16.4 Å². The largest absolute Gasteiger partial charge is 0.351 e. The van der Waals surface area contributed by atoms with Crippen LogP contribution in [0.4, 0.5) is 5.69 Å². The van der Waals surface area contributed by atoms with Crippen molar-refractivity contribution in [1.29, 1.82) is 0 Å². The third-order valence-corrected chi connectivity index (χ3v) is 3.63. The van der Waals surface area contributed by atoms with Gasteiger partial charge in [0.2, 0.25) is 11.8 Å². The molecule has 0 aliphatic carbocycles. The molecule has 7 nitrogen and oxygen atoms in total. The Kier molecular flexibility index (Phi) is 8.21. The molecule has 1 heterocycles. The summed E-state index contributed by atoms with van der Waals surface area (Å²) in [6, 6.07) is 6.75. The lowest BCUT2D eigenvalue weighted by molar-refractivity contribution is -0.136. The van der Waals surface area contributed by atoms with E-state index in [9.17, 15) is 14.4 Å². The molecule has 1 aromatic carbocycles. The van der Waals surface area contributed by atoms with Crippen LogP contribution in [0.2, 0.25) is 0 Å². The standard InChI is InChI=1S/C16H22N4O3.ClH/c17-8-9-18-16(23)12-5-1-2-6-13(12)19-14(21)11-20-10-4-3-7-15(20)22;/h1-2,5-6H,3-4,7-11,17H2,(H,18,23)(H,19,21);1H. The van der Waals surface area contributed by atoms with Gasteiger partial charge >= 0.3 is 0 Å². The summed E-state index contributed by atoms with van der Waals surface area (Å²) in [5.41, 5.74) is 6.17. The first-order chi connectivity index (χ1) is 11.1. The summed E-state index contributed by atoms with van der Waals surface area (Å²) in [4.78, 5) is 37.5. The molecular weight excluding hydrogens is 332 g/mol. The number of nitrogens with two attached hydrogens (primary N) is 1. The van der Waals surface area contributed by atoms with Gasteiger partial charge in [-0.3, -0.25) is 14.4 Å². The van der Waals surface area contributed by atoms with Gasteiger partial charge in [0.05, 0.1) is 17.8 Å². The number of anilines is 1. The molecule has 1 saturated heterocycles. The predicted molar refractivity (Wildman–Crippen MR) is 94.1 cm³/mol. The molecule has 0 atom stereocenters. The molecule has 1 aliphatic rings. The smallest absolute Gasteiger partial charge is 0.253 e. The Bertz CT molecular complexity index is 594. The quantitative estimate of drug-likeness (QED) is 0.701. The molecule has 132 valence electrons. The Balaban J connectivity index is 0.00000288. The molecular formula is C16H23ClN4O3. The van der Waals surface area contributed by atoms with Crippen molar-refractivity contribution >= 4 is 35.8 Å². The second-order valence-corrected chi connectivity index (χ2v) is 5.41. The first kappa shape index (κ1) is 19.9. The number of amides is 3. The average Bonchev–Trinajstić information content (AvgIpc) is 2.55. The van der Waals surface area contributed by atoms with Crippen LogP contribution >= 0.6 is 12.4 Å². The molecule has 1 aliphatic heterocycles. The molecule has 24 heavy (non-hydrogen) atoms. The lowest BCUT2D eigenvalue weighted by atomic mass is 10.1. The monoisotopic (exact) mass is 354 g/mol. The number of nitrogens with zero attached hydrogens (tertiary/aromatic N) is 1. The van der Waals surface area contributed by atoms with Gasteiger partial charge in [-0.1, -0.05) is 12.1 Å². The number of rotatable bonds is 6. The van der Waals surface area contributed by atoms with Crippen molar-refractivity contribution in [3.63, 3.8) is 0 Å². The fourth-order valence-corrected chi connectivity index (χ4v) is 2.46. The highest BCUT2D eigenvalue weighted by Gasteiger charge is 2.21. The van der Waals surface area contributed by atoms with Gasteiger partial charge in [0.25, 0.3) is 5.91 Å². The number of benzene rings is 1. The van der Waals surface area contributed by atoms with Crippen LogP contribution in [0.3, 0.4) is 0 Å². The molecule has 4 N–H and O–H groups in total. The molecule has 8 heteroatoms. The second-order valence-electron chi connectivity index (χ2n) is 5.41. The number of hydrogen-bond acceptors (Lipinski definition) is 4. The molecule has 3 amide bonds. The summed E-state index contributed by atoms with van der Waals surface area (Å²) in [6.45, 7) is 1.32. The number of piperidine rings is 1. The highest BCUT2D eigenvalue weighted by molar-refractivity contribution is 6.04. The normalized spacial score (nSPS) is 13.9. The molecule has 1 aromatic rings. The van der Waals surface area contributed by atoms with Crippen LogP contribution in [0.25, 0.3) is 0 Å². The Morgan fingerprint density at radius 1 is 1.21 bits per heavy atom. The second kappa shape index (κ2) is 9.89. The van der Waals surface area contributed by atoms with Gasteiger partial charge in [0.1, 0.15) is 0 Å². The molecule has 0 bridgehead atoms. The van der Waals surface area contributed by atoms with Crippen molar-refractivity contribution < 1.29 is 14.4 Å². The van der Waals surface area contributed by atoms with E-state index in [4.69, 9.17) is 5.73 Å². The van der Waals surface area contributed by atoms with Crippen molar-refractivity contribution in [2.24, 2.45) is 5.73 Å². The summed E-state index contributed by atoms with van der Waals surface area (Å²) >= 11 is 0. The van der Waals surface area contributed by atoms with E-state index in [0.717, 1.165) is 12.8 Å². The van der Waals surface area contributed by atoms with E-state index in [1.807, 2.05) is 0 Å². The zero-order valence-electron chi connectivity index (χ0n) is 13.4. The van der Waals surface area contributed by atoms with Gasteiger partial charge in [-0.15, -0.1) is 12.4 Å². The van der Waals surface area contributed by atoms with Gasteiger partial charge in [0, 0.05) is 26.1 Å². The van der Waals surface area contributed by atoms with E-state index in [2.05, 4.69) is 10.6 Å². The highest BCUT2D eigenvalue weighted by atomic mass is 35.5. The Morgan fingerprint density at radius 3 is 2.67 bits per heavy atom. The molecule has 0 aromatic heterocycles. The average molecular weight is 355 g/mol. The zero-order chi connectivity index (χ0) is 16.7. The maximum Gasteiger partial charge on any atom is 0.253 e. The summed E-state index contributed by atoms with van der Waals surface area (Å²) in [5.74, 6) is -0.597. The molecule has 0 spiro atoms. The van der Waals surface area contributed by atoms with Crippen molar-refractivity contribution in [3.05, 3.63) is 29.8 Å². The third kappa shape index (κ3) is 5.50. The summed E-state index contributed by atoms with van der Waals surface area (Å²) in [5, 5.41) is 5.38. The minimum atomic E-state index is -0.306. The number of likely N-dealkylation sites (tertiary alicyclic amines) is 1. The van der Waals surface area contributed by atoms with Gasteiger partial charge in [-0.25, -0.2) is 0 Å². The molecule has 0 saturated carbocycles. The van der Waals surface area contributed by atoms with Gasteiger partial charge in [-0.05, 0) is 25.0 Å². The van der Waals surface area contributed by atoms with Crippen LogP contribution in [0.5, 0.6) is 0 Å². The highest BCUT2D eigenvalue weighted by Crippen LogP contribution is 2.16. The Hall–Kier alpha value is -2.12. The minimum Gasteiger partial charge on any atom is -0.351 e. The maximum absolute atomic E-state index is 12.2. The topological polar surface area (TPSA) is 105 Å². The number of hydrogen-bond donors (Lipinski definition) is 3. The number of nitrogens with one attached hydrogen (secondary N) is 2. The number of halogens is 1. The van der Waals surface area contributed by atoms with Crippen molar-refractivity contribution in [2.75, 3.05) is 31.5 Å². The minimum absolute atomic E-state index is 0. The molecule has 0 unspecified atom stereocenters. The van der Waals surface area contributed by atoms with E-state index in [1.165, 1.54) is 0 Å². The first-order valence-electron chi connectivity index (χ1n) is 7.76. The number of carbonyl (C=O) groups excluding carboxylic acids is 3. The summed E-state index contributed by atoms with van der Waals surface area (Å²) < 4.78 is 0. The fourth-order valence-electron chi connectivity index (χ4n) is 2.46. The third-order valence-electron chi connectivity index (χ3n) is 3.63. The van der Waals surface area contributed by atoms with E-state index >= 15 is 0 Å². The van der Waals surface area contributed by atoms with E-state index in [1.54, 1.807) is 29.2 Å². The molecule has 1 fully saturated rings. The SMILES string of the molecule is Cl.NCCNC(=O)c1ccccc1NC(=O)CN1CCCCC1=O. The zero-order valence-corrected chi connectivity index (χ0v) is 14.2. The first-order valence-corrected chi connectivity index (χ1v) is 7.76. The lowest BCUT2D eigenvalue weighted by Crippen LogP contribution is -2.41. The maximum atomic E-state index is 12.2. The lowest BCUT2D eigenvalue weighted by Gasteiger charge is -2.26. The van der Waals surface area contributed by atoms with Crippen LogP contribution in [-0.2, 0) is 9.59 Å². The van der Waals surface area contributed by atoms with E-state index in [-0.39, 0.29) is 36.7 Å². The van der Waals surface area contributed by atoms with Gasteiger partial charge < -0.3 is 21.3 Å². The number of carbonyl (C=O) groups is 3. The Labute approximate surface area is 147 Å². The fraction of sp³-hybridized carbons (Fsp3) is 0.438. The Morgan fingerprint density at radius 2 is 1.96 bits per heavy atom. The summed E-state index contributed by atoms with van der Waals surface area (Å²) in [6.07, 6.45) is 2.28. The van der Waals surface area contributed by atoms with Gasteiger partial charge in [-0.2, -0.15) is 0 Å². The van der Waals surface area contributed by atoms with E-state index < -0.39 is 0 Å². The van der Waals surface area contributed by atoms with Crippen LogP contribution in [0, 0.1) is 0 Å². The number of para-hydroxylation sites is 1. The molecule has 0 radical (unpaired) electrons. The van der Waals surface area contributed by atoms with E-state index in [0.29, 0.717) is 37.3 Å². The van der Waals surface area contributed by atoms with Gasteiger partial charge in [0.15, 0.2) is 0 Å². The van der Waals surface area contributed by atoms with Crippen molar-refractivity contribution in [3.8, 4) is 0 Å².